The fraction of sp³-hybridized carbons (Fsp3) is 0.286. The lowest BCUT2D eigenvalue weighted by Crippen LogP contribution is -2.44. The van der Waals surface area contributed by atoms with Crippen LogP contribution < -0.4 is 0 Å². The van der Waals surface area contributed by atoms with Gasteiger partial charge in [0.2, 0.25) is 11.8 Å². The molecule has 0 aromatic heterocycles. The first-order chi connectivity index (χ1) is 12.6. The fourth-order valence-electron chi connectivity index (χ4n) is 3.74. The maximum atomic E-state index is 12.7. The first-order valence-electron chi connectivity index (χ1n) is 8.75. The van der Waals surface area contributed by atoms with Gasteiger partial charge in [-0.05, 0) is 17.5 Å². The van der Waals surface area contributed by atoms with Crippen molar-refractivity contribution in [3.8, 4) is 0 Å². The largest absolute Gasteiger partial charge is 0.461 e. The van der Waals surface area contributed by atoms with E-state index < -0.39 is 17.8 Å². The summed E-state index contributed by atoms with van der Waals surface area (Å²) >= 11 is 0. The highest BCUT2D eigenvalue weighted by molar-refractivity contribution is 6.08. The van der Waals surface area contributed by atoms with E-state index in [1.54, 1.807) is 0 Å². The van der Waals surface area contributed by atoms with Crippen molar-refractivity contribution < 1.29 is 19.1 Å². The molecular formula is C21H19NO4. The molecule has 0 unspecified atom stereocenters. The zero-order valence-electron chi connectivity index (χ0n) is 14.2. The highest BCUT2D eigenvalue weighted by atomic mass is 16.5. The summed E-state index contributed by atoms with van der Waals surface area (Å²) in [5, 5.41) is 0. The Morgan fingerprint density at radius 1 is 0.923 bits per heavy atom. The van der Waals surface area contributed by atoms with Gasteiger partial charge in [-0.2, -0.15) is 0 Å². The van der Waals surface area contributed by atoms with Crippen LogP contribution in [0.1, 0.15) is 17.5 Å². The minimum atomic E-state index is -0.561. The number of likely N-dealkylation sites (tertiary alicyclic amines) is 1. The second kappa shape index (κ2) is 6.75. The van der Waals surface area contributed by atoms with E-state index in [9.17, 15) is 14.4 Å². The van der Waals surface area contributed by atoms with Gasteiger partial charge in [-0.3, -0.25) is 19.3 Å². The normalized spacial score (nSPS) is 24.2. The van der Waals surface area contributed by atoms with Crippen LogP contribution in [0.15, 0.2) is 60.7 Å². The Bertz CT molecular complexity index is 834. The van der Waals surface area contributed by atoms with Crippen LogP contribution in [-0.2, 0) is 32.3 Å². The topological polar surface area (TPSA) is 63.7 Å². The Balaban J connectivity index is 1.39. The van der Waals surface area contributed by atoms with Gasteiger partial charge in [-0.25, -0.2) is 0 Å². The van der Waals surface area contributed by atoms with Crippen molar-refractivity contribution in [3.05, 3.63) is 71.8 Å². The monoisotopic (exact) mass is 349 g/mol. The van der Waals surface area contributed by atoms with E-state index in [1.165, 1.54) is 4.90 Å². The minimum absolute atomic E-state index is 0.170. The molecular weight excluding hydrogens is 330 g/mol. The molecule has 0 bridgehead atoms. The lowest BCUT2D eigenvalue weighted by atomic mass is 9.66. The molecule has 0 N–H and O–H groups in total. The molecule has 1 aliphatic carbocycles. The molecule has 2 aromatic rings. The molecule has 2 aromatic carbocycles. The van der Waals surface area contributed by atoms with Gasteiger partial charge in [0.05, 0.1) is 24.3 Å². The number of carbonyl (C=O) groups excluding carboxylic acids is 3. The van der Waals surface area contributed by atoms with Crippen molar-refractivity contribution in [2.45, 2.75) is 19.6 Å². The highest BCUT2D eigenvalue weighted by Gasteiger charge is 2.61. The zero-order valence-corrected chi connectivity index (χ0v) is 14.2. The number of benzene rings is 2. The van der Waals surface area contributed by atoms with Crippen molar-refractivity contribution in [1.82, 2.24) is 4.90 Å². The van der Waals surface area contributed by atoms with Crippen molar-refractivity contribution >= 4 is 17.8 Å². The predicted molar refractivity (Wildman–Crippen MR) is 93.3 cm³/mol. The van der Waals surface area contributed by atoms with Gasteiger partial charge in [-0.15, -0.1) is 0 Å². The van der Waals surface area contributed by atoms with Gasteiger partial charge in [0, 0.05) is 0 Å². The number of nitrogens with zero attached hydrogens (tertiary/aromatic N) is 1. The molecule has 2 aliphatic rings. The third kappa shape index (κ3) is 2.90. The van der Waals surface area contributed by atoms with Gasteiger partial charge in [0.15, 0.2) is 0 Å². The van der Waals surface area contributed by atoms with E-state index in [0.29, 0.717) is 6.42 Å². The Hall–Kier alpha value is -2.95. The molecule has 2 amide bonds. The molecule has 1 heterocycles. The fourth-order valence-corrected chi connectivity index (χ4v) is 3.74. The lowest BCUT2D eigenvalue weighted by molar-refractivity contribution is -0.161. The molecule has 132 valence electrons. The molecule has 1 saturated heterocycles. The highest BCUT2D eigenvalue weighted by Crippen LogP contribution is 2.48. The first kappa shape index (κ1) is 16.5. The Morgan fingerprint density at radius 2 is 1.54 bits per heavy atom. The number of imide groups is 1. The van der Waals surface area contributed by atoms with Gasteiger partial charge < -0.3 is 4.74 Å². The number of hydrogen-bond acceptors (Lipinski definition) is 4. The molecule has 5 heteroatoms. The average molecular weight is 349 g/mol. The third-order valence-electron chi connectivity index (χ3n) is 5.22. The summed E-state index contributed by atoms with van der Waals surface area (Å²) in [5.41, 5.74) is 1.80. The molecule has 0 spiro atoms. The molecule has 0 radical (unpaired) electrons. The van der Waals surface area contributed by atoms with Crippen LogP contribution in [0.2, 0.25) is 0 Å². The predicted octanol–water partition coefficient (Wildman–Crippen LogP) is 2.55. The summed E-state index contributed by atoms with van der Waals surface area (Å²) in [5.74, 6) is -2.26. The number of carbonyl (C=O) groups is 3. The molecule has 3 atom stereocenters. The maximum Gasteiger partial charge on any atom is 0.310 e. The molecule has 2 fully saturated rings. The first-order valence-corrected chi connectivity index (χ1v) is 8.75. The number of ether oxygens (including phenoxy) is 1. The van der Waals surface area contributed by atoms with Crippen LogP contribution in [0.4, 0.5) is 0 Å². The van der Waals surface area contributed by atoms with Crippen molar-refractivity contribution in [2.75, 3.05) is 0 Å². The molecule has 26 heavy (non-hydrogen) atoms. The lowest BCUT2D eigenvalue weighted by Gasteiger charge is -2.34. The Kier molecular flexibility index (Phi) is 4.29. The number of hydrogen-bond donors (Lipinski definition) is 0. The zero-order chi connectivity index (χ0) is 18.1. The minimum Gasteiger partial charge on any atom is -0.461 e. The smallest absolute Gasteiger partial charge is 0.310 e. The number of amides is 2. The number of esters is 1. The van der Waals surface area contributed by atoms with Crippen LogP contribution in [0.3, 0.4) is 0 Å². The van der Waals surface area contributed by atoms with E-state index in [1.807, 2.05) is 60.7 Å². The standard InChI is InChI=1S/C21H19NO4/c23-19-16-11-17(21(25)26-13-15-9-5-2-6-10-15)18(16)20(24)22(19)12-14-7-3-1-4-8-14/h1-10,16-18H,11-13H2/t16-,17-,18-/m1/s1. The molecule has 5 nitrogen and oxygen atoms in total. The van der Waals surface area contributed by atoms with E-state index in [-0.39, 0.29) is 30.9 Å². The summed E-state index contributed by atoms with van der Waals surface area (Å²) in [7, 11) is 0. The summed E-state index contributed by atoms with van der Waals surface area (Å²) in [6, 6.07) is 18.8. The second-order valence-electron chi connectivity index (χ2n) is 6.82. The van der Waals surface area contributed by atoms with Crippen LogP contribution >= 0.6 is 0 Å². The quantitative estimate of drug-likeness (QED) is 0.615. The summed E-state index contributed by atoms with van der Waals surface area (Å²) in [4.78, 5) is 38.8. The van der Waals surface area contributed by atoms with E-state index in [0.717, 1.165) is 11.1 Å². The Labute approximate surface area is 151 Å². The number of fused-ring (bicyclic) bond motifs is 1. The van der Waals surface area contributed by atoms with Crippen molar-refractivity contribution in [2.24, 2.45) is 17.8 Å². The van der Waals surface area contributed by atoms with E-state index in [4.69, 9.17) is 4.74 Å². The SMILES string of the molecule is O=C(OCc1ccccc1)[C@@H]1C[C@H]2C(=O)N(Cc3ccccc3)C(=O)[C@@H]12. The molecule has 1 saturated carbocycles. The van der Waals surface area contributed by atoms with Gasteiger partial charge >= 0.3 is 5.97 Å². The van der Waals surface area contributed by atoms with E-state index >= 15 is 0 Å². The van der Waals surface area contributed by atoms with Crippen LogP contribution in [0, 0.1) is 17.8 Å². The molecule has 4 rings (SSSR count). The summed E-state index contributed by atoms with van der Waals surface area (Å²) in [6.07, 6.45) is 0.397. The third-order valence-corrected chi connectivity index (χ3v) is 5.22. The summed E-state index contributed by atoms with van der Waals surface area (Å²) in [6.45, 7) is 0.445. The maximum absolute atomic E-state index is 12.7. The summed E-state index contributed by atoms with van der Waals surface area (Å²) < 4.78 is 5.36. The van der Waals surface area contributed by atoms with Gasteiger partial charge in [-0.1, -0.05) is 60.7 Å². The van der Waals surface area contributed by atoms with Crippen LogP contribution in [0.25, 0.3) is 0 Å². The van der Waals surface area contributed by atoms with Crippen molar-refractivity contribution in [3.63, 3.8) is 0 Å². The van der Waals surface area contributed by atoms with Crippen LogP contribution in [-0.4, -0.2) is 22.7 Å². The van der Waals surface area contributed by atoms with E-state index in [2.05, 4.69) is 0 Å². The number of rotatable bonds is 5. The van der Waals surface area contributed by atoms with Crippen molar-refractivity contribution in [1.29, 1.82) is 0 Å². The molecule has 1 aliphatic heterocycles. The van der Waals surface area contributed by atoms with Crippen LogP contribution in [0.5, 0.6) is 0 Å². The average Bonchev–Trinajstić information content (AvgIpc) is 2.81. The second-order valence-corrected chi connectivity index (χ2v) is 6.82. The Morgan fingerprint density at radius 3 is 2.19 bits per heavy atom. The van der Waals surface area contributed by atoms with Gasteiger partial charge in [0.1, 0.15) is 6.61 Å². The van der Waals surface area contributed by atoms with Gasteiger partial charge in [0.25, 0.3) is 0 Å².